The van der Waals surface area contributed by atoms with Gasteiger partial charge in [-0.25, -0.2) is 9.13 Å². The molecule has 0 aliphatic rings. The van der Waals surface area contributed by atoms with E-state index >= 15 is 0 Å². The van der Waals surface area contributed by atoms with Crippen LogP contribution in [0.2, 0.25) is 0 Å². The Kier molecular flexibility index (Phi) is 55.9. The van der Waals surface area contributed by atoms with Crippen LogP contribution in [0.25, 0.3) is 0 Å². The van der Waals surface area contributed by atoms with Crippen LogP contribution < -0.4 is 0 Å². The molecular weight excluding hydrogens is 1130 g/mol. The summed E-state index contributed by atoms with van der Waals surface area (Å²) in [5.74, 6) is -0.0163. The number of phosphoric acid groups is 2. The molecule has 17 nitrogen and oxygen atoms in total. The fraction of sp³-hybridized carbons (Fsp3) is 0.939. The molecule has 0 spiro atoms. The number of hydrogen-bond donors (Lipinski definition) is 3. The highest BCUT2D eigenvalue weighted by Crippen LogP contribution is 2.45. The van der Waals surface area contributed by atoms with E-state index in [-0.39, 0.29) is 25.7 Å². The Hall–Kier alpha value is -1.94. The van der Waals surface area contributed by atoms with E-state index < -0.39 is 97.5 Å². The number of esters is 4. The van der Waals surface area contributed by atoms with E-state index in [1.54, 1.807) is 0 Å². The molecule has 5 atom stereocenters. The maximum Gasteiger partial charge on any atom is 0.472 e. The summed E-state index contributed by atoms with van der Waals surface area (Å²) in [4.78, 5) is 72.3. The first-order valence-electron chi connectivity index (χ1n) is 34.3. The molecule has 0 bridgehead atoms. The average Bonchev–Trinajstić information content (AvgIpc) is 3.54. The van der Waals surface area contributed by atoms with Gasteiger partial charge in [0.05, 0.1) is 26.4 Å². The van der Waals surface area contributed by atoms with Crippen molar-refractivity contribution in [2.24, 2.45) is 17.8 Å². The Morgan fingerprint density at radius 3 is 0.800 bits per heavy atom. The summed E-state index contributed by atoms with van der Waals surface area (Å²) in [7, 11) is -9.89. The first-order valence-corrected chi connectivity index (χ1v) is 37.3. The third-order valence-corrected chi connectivity index (χ3v) is 17.0. The molecule has 0 heterocycles. The Morgan fingerprint density at radius 1 is 0.318 bits per heavy atom. The van der Waals surface area contributed by atoms with Crippen molar-refractivity contribution in [3.8, 4) is 0 Å². The van der Waals surface area contributed by atoms with Gasteiger partial charge in [0.15, 0.2) is 12.2 Å². The zero-order valence-corrected chi connectivity index (χ0v) is 56.9. The normalized spacial score (nSPS) is 14.3. The lowest BCUT2D eigenvalue weighted by molar-refractivity contribution is -0.161. The van der Waals surface area contributed by atoms with Crippen molar-refractivity contribution >= 4 is 39.5 Å². The molecule has 0 aromatic rings. The molecule has 0 aromatic carbocycles. The summed E-state index contributed by atoms with van der Waals surface area (Å²) in [6.45, 7) is 11.6. The lowest BCUT2D eigenvalue weighted by Crippen LogP contribution is -2.30. The van der Waals surface area contributed by atoms with Gasteiger partial charge in [0, 0.05) is 25.7 Å². The standard InChI is InChI=1S/C66H128O17P2/c1-8-9-10-11-12-13-14-15-16-17-20-26-35-42-49-65(70)82-61(53-76-63(68)47-40-33-25-21-18-19-23-30-37-44-57(2)3)55-80-84(72,73)78-51-60(67)52-79-85(74,75)81-56-62(54-77-64(69)48-41-34-29-28-32-39-46-59(6)7)83-66(71)50-43-36-27-22-24-31-38-45-58(4)5/h57-62,67H,8-56H2,1-7H3,(H,72,73)(H,74,75)/t60-,61-,62-/m1/s1. The van der Waals surface area contributed by atoms with Crippen molar-refractivity contribution in [3.05, 3.63) is 0 Å². The Morgan fingerprint density at radius 2 is 0.541 bits per heavy atom. The monoisotopic (exact) mass is 1250 g/mol. The van der Waals surface area contributed by atoms with Gasteiger partial charge in [0.1, 0.15) is 19.3 Å². The SMILES string of the molecule is CCCCCCCCCCCCCCCCC(=O)O[C@H](COC(=O)CCCCCCCCCCCC(C)C)COP(=O)(O)OC[C@@H](O)COP(=O)(O)OC[C@@H](COC(=O)CCCCCCCCC(C)C)OC(=O)CCCCCCCCCC(C)C. The molecule has 19 heteroatoms. The lowest BCUT2D eigenvalue weighted by Gasteiger charge is -2.21. The van der Waals surface area contributed by atoms with E-state index in [1.165, 1.54) is 128 Å². The topological polar surface area (TPSA) is 237 Å². The van der Waals surface area contributed by atoms with Crippen LogP contribution in [0.15, 0.2) is 0 Å². The van der Waals surface area contributed by atoms with Crippen LogP contribution in [0.4, 0.5) is 0 Å². The molecular formula is C66H128O17P2. The van der Waals surface area contributed by atoms with Crippen molar-refractivity contribution in [2.75, 3.05) is 39.6 Å². The van der Waals surface area contributed by atoms with Crippen molar-refractivity contribution < 1.29 is 80.2 Å². The molecule has 0 fully saturated rings. The van der Waals surface area contributed by atoms with Gasteiger partial charge >= 0.3 is 39.5 Å². The Bertz CT molecular complexity index is 1680. The number of aliphatic hydroxyl groups excluding tert-OH is 1. The summed E-state index contributed by atoms with van der Waals surface area (Å²) < 4.78 is 68.1. The van der Waals surface area contributed by atoms with Gasteiger partial charge in [0.25, 0.3) is 0 Å². The molecule has 504 valence electrons. The van der Waals surface area contributed by atoms with Crippen LogP contribution in [0.1, 0.15) is 325 Å². The minimum absolute atomic E-state index is 0.102. The molecule has 3 N–H and O–H groups in total. The second-order valence-corrected chi connectivity index (χ2v) is 28.2. The van der Waals surface area contributed by atoms with Gasteiger partial charge in [-0.2, -0.15) is 0 Å². The van der Waals surface area contributed by atoms with Gasteiger partial charge in [0.2, 0.25) is 0 Å². The quantitative estimate of drug-likeness (QED) is 0.0222. The van der Waals surface area contributed by atoms with Crippen LogP contribution in [0.3, 0.4) is 0 Å². The predicted octanol–water partition coefficient (Wildman–Crippen LogP) is 18.3. The van der Waals surface area contributed by atoms with E-state index in [2.05, 4.69) is 48.5 Å². The number of hydrogen-bond acceptors (Lipinski definition) is 15. The first kappa shape index (κ1) is 83.1. The summed E-state index contributed by atoms with van der Waals surface area (Å²) in [6, 6.07) is 0. The van der Waals surface area contributed by atoms with Crippen LogP contribution in [-0.2, 0) is 65.4 Å². The third-order valence-electron chi connectivity index (χ3n) is 15.1. The first-order chi connectivity index (χ1) is 40.7. The van der Waals surface area contributed by atoms with E-state index in [0.717, 1.165) is 102 Å². The number of carbonyl (C=O) groups is 4. The van der Waals surface area contributed by atoms with E-state index in [1.807, 2.05) is 0 Å². The molecule has 0 radical (unpaired) electrons. The van der Waals surface area contributed by atoms with Crippen molar-refractivity contribution in [2.45, 2.75) is 343 Å². The molecule has 0 aromatic heterocycles. The van der Waals surface area contributed by atoms with Crippen LogP contribution in [-0.4, -0.2) is 96.7 Å². The fourth-order valence-corrected chi connectivity index (χ4v) is 11.4. The number of ether oxygens (including phenoxy) is 4. The minimum atomic E-state index is -4.95. The Balaban J connectivity index is 5.24. The average molecular weight is 1260 g/mol. The molecule has 0 saturated heterocycles. The second-order valence-electron chi connectivity index (χ2n) is 25.3. The van der Waals surface area contributed by atoms with Crippen LogP contribution >= 0.6 is 15.6 Å². The summed E-state index contributed by atoms with van der Waals surface area (Å²) in [6.07, 6.45) is 39.2. The molecule has 0 aliphatic carbocycles. The highest BCUT2D eigenvalue weighted by Gasteiger charge is 2.30. The largest absolute Gasteiger partial charge is 0.472 e. The second kappa shape index (κ2) is 57.2. The van der Waals surface area contributed by atoms with Crippen molar-refractivity contribution in [1.29, 1.82) is 0 Å². The number of unbranched alkanes of at least 4 members (excludes halogenated alkanes) is 32. The lowest BCUT2D eigenvalue weighted by atomic mass is 10.0. The summed E-state index contributed by atoms with van der Waals surface area (Å²) in [5.41, 5.74) is 0. The fourth-order valence-electron chi connectivity index (χ4n) is 9.83. The predicted molar refractivity (Wildman–Crippen MR) is 340 cm³/mol. The molecule has 85 heavy (non-hydrogen) atoms. The van der Waals surface area contributed by atoms with Crippen molar-refractivity contribution in [1.82, 2.24) is 0 Å². The minimum Gasteiger partial charge on any atom is -0.462 e. The van der Waals surface area contributed by atoms with Crippen LogP contribution in [0, 0.1) is 17.8 Å². The third kappa shape index (κ3) is 60.7. The molecule has 0 aliphatic heterocycles. The number of carbonyl (C=O) groups excluding carboxylic acids is 4. The highest BCUT2D eigenvalue weighted by atomic mass is 31.2. The maximum atomic E-state index is 13.0. The molecule has 2 unspecified atom stereocenters. The number of aliphatic hydroxyl groups is 1. The molecule has 0 amide bonds. The van der Waals surface area contributed by atoms with Gasteiger partial charge in [-0.05, 0) is 43.4 Å². The van der Waals surface area contributed by atoms with Gasteiger partial charge in [-0.1, -0.05) is 273 Å². The highest BCUT2D eigenvalue weighted by molar-refractivity contribution is 7.47. The van der Waals surface area contributed by atoms with E-state index in [9.17, 15) is 43.2 Å². The summed E-state index contributed by atoms with van der Waals surface area (Å²) in [5, 5.41) is 10.5. The van der Waals surface area contributed by atoms with Gasteiger partial charge < -0.3 is 33.8 Å². The van der Waals surface area contributed by atoms with Crippen LogP contribution in [0.5, 0.6) is 0 Å². The Labute approximate surface area is 517 Å². The zero-order valence-electron chi connectivity index (χ0n) is 55.1. The maximum absolute atomic E-state index is 13.0. The summed E-state index contributed by atoms with van der Waals surface area (Å²) >= 11 is 0. The molecule has 0 saturated carbocycles. The van der Waals surface area contributed by atoms with Crippen molar-refractivity contribution in [3.63, 3.8) is 0 Å². The van der Waals surface area contributed by atoms with E-state index in [0.29, 0.717) is 37.5 Å². The van der Waals surface area contributed by atoms with Gasteiger partial charge in [-0.3, -0.25) is 37.3 Å². The van der Waals surface area contributed by atoms with E-state index in [4.69, 9.17) is 37.0 Å². The number of phosphoric ester groups is 2. The zero-order chi connectivity index (χ0) is 63.1. The smallest absolute Gasteiger partial charge is 0.462 e. The number of rotatable bonds is 64. The molecule has 0 rings (SSSR count). The van der Waals surface area contributed by atoms with Gasteiger partial charge in [-0.15, -0.1) is 0 Å².